The molecular weight excluding hydrogens is 965 g/mol. The van der Waals surface area contributed by atoms with Crippen molar-refractivity contribution in [1.29, 1.82) is 0 Å². The van der Waals surface area contributed by atoms with Gasteiger partial charge in [0.05, 0.1) is 0 Å². The van der Waals surface area contributed by atoms with Gasteiger partial charge in [-0.05, 0) is 208 Å². The molecule has 0 N–H and O–H groups in total. The summed E-state index contributed by atoms with van der Waals surface area (Å²) in [5, 5.41) is 0. The number of hydrogen-bond donors (Lipinski definition) is 0. The molecule has 386 valence electrons. The molecule has 2 heteroatoms. The molecule has 0 bridgehead atoms. The fourth-order valence-electron chi connectivity index (χ4n) is 10.2. The van der Waals surface area contributed by atoms with E-state index in [1.807, 2.05) is 0 Å². The van der Waals surface area contributed by atoms with E-state index in [1.54, 1.807) is 0 Å². The second-order valence-corrected chi connectivity index (χ2v) is 20.5. The van der Waals surface area contributed by atoms with Crippen molar-refractivity contribution < 1.29 is 0 Å². The van der Waals surface area contributed by atoms with Crippen LogP contribution >= 0.6 is 0 Å². The highest BCUT2D eigenvalue weighted by atomic mass is 15.1. The molecule has 11 aromatic rings. The summed E-state index contributed by atoms with van der Waals surface area (Å²) >= 11 is 0. The molecule has 0 heterocycles. The molecule has 0 aliphatic heterocycles. The molecule has 0 aromatic heterocycles. The first-order valence-electron chi connectivity index (χ1n) is 27.5. The summed E-state index contributed by atoms with van der Waals surface area (Å²) in [4.78, 5) is 4.69. The Morgan fingerprint density at radius 3 is 0.800 bits per heavy atom. The van der Waals surface area contributed by atoms with Crippen LogP contribution in [0.3, 0.4) is 0 Å². The minimum atomic E-state index is 1.10. The highest BCUT2D eigenvalue weighted by Gasteiger charge is 2.16. The highest BCUT2D eigenvalue weighted by Crippen LogP contribution is 2.39. The van der Waals surface area contributed by atoms with Crippen molar-refractivity contribution >= 4 is 81.7 Å². The van der Waals surface area contributed by atoms with Crippen LogP contribution in [-0.2, 0) is 0 Å². The third-order valence-electron chi connectivity index (χ3n) is 14.9. The van der Waals surface area contributed by atoms with Gasteiger partial charge in [0.1, 0.15) is 0 Å². The number of aryl methyl sites for hydroxylation is 4. The molecule has 0 unspecified atom stereocenters. The zero-order valence-corrected chi connectivity index (χ0v) is 45.9. The minimum Gasteiger partial charge on any atom is -0.310 e. The molecular formula is C78H64N2. The van der Waals surface area contributed by atoms with Gasteiger partial charge in [-0.15, -0.1) is 0 Å². The van der Waals surface area contributed by atoms with E-state index in [4.69, 9.17) is 0 Å². The topological polar surface area (TPSA) is 6.48 Å². The lowest BCUT2D eigenvalue weighted by molar-refractivity contribution is 1.25. The Morgan fingerprint density at radius 2 is 0.500 bits per heavy atom. The Balaban J connectivity index is 0.800. The van der Waals surface area contributed by atoms with Crippen molar-refractivity contribution in [3.8, 4) is 0 Å². The minimum absolute atomic E-state index is 1.10. The predicted octanol–water partition coefficient (Wildman–Crippen LogP) is 21.4. The Labute approximate surface area is 473 Å². The Kier molecular flexibility index (Phi) is 16.0. The van der Waals surface area contributed by atoms with E-state index in [2.05, 4.69) is 353 Å². The zero-order valence-electron chi connectivity index (χ0n) is 45.9. The Bertz CT molecular complexity index is 3620. The van der Waals surface area contributed by atoms with Gasteiger partial charge in [-0.3, -0.25) is 0 Å². The van der Waals surface area contributed by atoms with E-state index in [0.29, 0.717) is 0 Å². The highest BCUT2D eigenvalue weighted by molar-refractivity contribution is 5.93. The van der Waals surface area contributed by atoms with Gasteiger partial charge in [0.2, 0.25) is 0 Å². The van der Waals surface area contributed by atoms with Crippen LogP contribution in [0.1, 0.15) is 77.9 Å². The summed E-state index contributed by atoms with van der Waals surface area (Å²) < 4.78 is 0. The van der Waals surface area contributed by atoms with Crippen LogP contribution in [0, 0.1) is 27.7 Å². The molecule has 0 aliphatic carbocycles. The van der Waals surface area contributed by atoms with E-state index in [1.165, 1.54) is 55.7 Å². The molecule has 11 aromatic carbocycles. The van der Waals surface area contributed by atoms with Gasteiger partial charge in [0.25, 0.3) is 0 Å². The number of hydrogen-bond acceptors (Lipinski definition) is 2. The summed E-state index contributed by atoms with van der Waals surface area (Å²) in [5.41, 5.74) is 25.7. The molecule has 0 saturated carbocycles. The first-order valence-corrected chi connectivity index (χ1v) is 27.5. The lowest BCUT2D eigenvalue weighted by Gasteiger charge is -2.26. The van der Waals surface area contributed by atoms with E-state index in [0.717, 1.165) is 67.5 Å². The van der Waals surface area contributed by atoms with Gasteiger partial charge in [0, 0.05) is 34.1 Å². The number of anilines is 6. The molecule has 0 fully saturated rings. The lowest BCUT2D eigenvalue weighted by atomic mass is 9.95. The molecule has 0 saturated heterocycles. The fraction of sp³-hybridized carbons (Fsp3) is 0.0513. The quantitative estimate of drug-likeness (QED) is 0.0890. The van der Waals surface area contributed by atoms with Gasteiger partial charge >= 0.3 is 0 Å². The monoisotopic (exact) mass is 1030 g/mol. The maximum atomic E-state index is 2.35. The molecule has 80 heavy (non-hydrogen) atoms. The van der Waals surface area contributed by atoms with E-state index in [9.17, 15) is 0 Å². The van der Waals surface area contributed by atoms with Gasteiger partial charge in [-0.25, -0.2) is 0 Å². The van der Waals surface area contributed by atoms with Crippen molar-refractivity contribution in [1.82, 2.24) is 0 Å². The standard InChI is InChI=1S/C78H64N2/c1-57-28-42-75(52-59(57)3)79(73-48-38-65(39-49-73)55-77(67-20-9-5-10-21-67)68-22-11-6-12-23-68)71-44-34-61(35-45-71)30-32-63-18-17-19-64(54-63)33-31-62-36-46-72(47-37-62)80(76-43-29-58(2)60(4)53-76)74-50-40-66(41-51-74)56-78(69-24-13-7-14-25-69)70-26-15-8-16-27-70/h5-56H,1-4H3. The summed E-state index contributed by atoms with van der Waals surface area (Å²) in [5.74, 6) is 0. The van der Waals surface area contributed by atoms with Gasteiger partial charge in [-0.2, -0.15) is 0 Å². The summed E-state index contributed by atoms with van der Waals surface area (Å²) in [7, 11) is 0. The molecule has 0 aliphatic rings. The summed E-state index contributed by atoms with van der Waals surface area (Å²) in [6, 6.07) is 100. The third kappa shape index (κ3) is 12.5. The third-order valence-corrected chi connectivity index (χ3v) is 14.9. The Hall–Kier alpha value is -10.0. The van der Waals surface area contributed by atoms with Crippen LogP contribution in [0.25, 0.3) is 47.6 Å². The summed E-state index contributed by atoms with van der Waals surface area (Å²) in [6.07, 6.45) is 13.4. The van der Waals surface area contributed by atoms with Crippen LogP contribution in [0.2, 0.25) is 0 Å². The smallest absolute Gasteiger partial charge is 0.0464 e. The maximum Gasteiger partial charge on any atom is 0.0464 e. The summed E-state index contributed by atoms with van der Waals surface area (Å²) in [6.45, 7) is 8.71. The van der Waals surface area contributed by atoms with E-state index < -0.39 is 0 Å². The van der Waals surface area contributed by atoms with Crippen LogP contribution < -0.4 is 9.80 Å². The van der Waals surface area contributed by atoms with E-state index >= 15 is 0 Å². The number of rotatable bonds is 16. The van der Waals surface area contributed by atoms with Crippen molar-refractivity contribution in [3.63, 3.8) is 0 Å². The van der Waals surface area contributed by atoms with Crippen LogP contribution in [-0.4, -0.2) is 0 Å². The van der Waals surface area contributed by atoms with Crippen LogP contribution in [0.5, 0.6) is 0 Å². The second-order valence-electron chi connectivity index (χ2n) is 20.5. The van der Waals surface area contributed by atoms with Crippen molar-refractivity contribution in [2.45, 2.75) is 27.7 Å². The molecule has 0 spiro atoms. The molecule has 0 atom stereocenters. The Morgan fingerprint density at radius 1 is 0.225 bits per heavy atom. The molecule has 0 amide bonds. The lowest BCUT2D eigenvalue weighted by Crippen LogP contribution is -2.10. The number of nitrogens with zero attached hydrogens (tertiary/aromatic N) is 2. The van der Waals surface area contributed by atoms with Crippen molar-refractivity contribution in [2.75, 3.05) is 9.80 Å². The van der Waals surface area contributed by atoms with Gasteiger partial charge in [-0.1, -0.05) is 224 Å². The first-order chi connectivity index (χ1) is 39.3. The second kappa shape index (κ2) is 24.5. The SMILES string of the molecule is Cc1ccc(N(c2ccc(C=Cc3cccc(C=Cc4ccc(N(c5ccc(C=C(c6ccccc6)c6ccccc6)cc5)c5ccc(C)c(C)c5)cc4)c3)cc2)c2ccc(C=C(c3ccccc3)c3ccccc3)cc2)cc1C. The normalized spacial score (nSPS) is 11.2. The van der Waals surface area contributed by atoms with E-state index in [-0.39, 0.29) is 0 Å². The van der Waals surface area contributed by atoms with Crippen molar-refractivity contribution in [2.24, 2.45) is 0 Å². The average Bonchev–Trinajstić information content (AvgIpc) is 3.51. The zero-order chi connectivity index (χ0) is 54.6. The van der Waals surface area contributed by atoms with Crippen molar-refractivity contribution in [3.05, 3.63) is 357 Å². The van der Waals surface area contributed by atoms with Gasteiger partial charge < -0.3 is 9.80 Å². The molecule has 11 rings (SSSR count). The molecule has 2 nitrogen and oxygen atoms in total. The number of benzene rings is 11. The largest absolute Gasteiger partial charge is 0.310 e. The average molecular weight is 1030 g/mol. The predicted molar refractivity (Wildman–Crippen MR) is 345 cm³/mol. The molecule has 0 radical (unpaired) electrons. The maximum absolute atomic E-state index is 2.35. The van der Waals surface area contributed by atoms with Gasteiger partial charge in [0.15, 0.2) is 0 Å². The van der Waals surface area contributed by atoms with Crippen LogP contribution in [0.15, 0.2) is 279 Å². The fourth-order valence-corrected chi connectivity index (χ4v) is 10.2. The first kappa shape index (κ1) is 52.1. The van der Waals surface area contributed by atoms with Crippen LogP contribution in [0.4, 0.5) is 34.1 Å².